The largest absolute Gasteiger partial charge is 0.350 e. The molecule has 0 unspecified atom stereocenters. The molecule has 25 heavy (non-hydrogen) atoms. The first kappa shape index (κ1) is 19.1. The molecule has 0 aliphatic heterocycles. The highest BCUT2D eigenvalue weighted by molar-refractivity contribution is 6.36. The van der Waals surface area contributed by atoms with Gasteiger partial charge in [0.15, 0.2) is 17.5 Å². The Bertz CT molecular complexity index is 831. The van der Waals surface area contributed by atoms with Crippen LogP contribution in [0.2, 0.25) is 10.0 Å². The van der Waals surface area contributed by atoms with Crippen molar-refractivity contribution in [2.45, 2.75) is 0 Å². The molecule has 0 atom stereocenters. The van der Waals surface area contributed by atoms with E-state index in [1.54, 1.807) is 0 Å². The maximum Gasteiger partial charge on any atom is 0.254 e. The summed E-state index contributed by atoms with van der Waals surface area (Å²) in [6, 6.07) is 5.82. The minimum absolute atomic E-state index is 0.00875. The number of halogens is 5. The number of carbonyl (C=O) groups is 2. The SMILES string of the molecule is O=C(NCCNC(=O)c1ccc(F)c(F)c1F)c1ccc(Cl)cc1Cl. The summed E-state index contributed by atoms with van der Waals surface area (Å²) in [6.07, 6.45) is 0. The summed E-state index contributed by atoms with van der Waals surface area (Å²) in [6.45, 7) is -0.0525. The molecule has 2 amide bonds. The van der Waals surface area contributed by atoms with Crippen LogP contribution in [0.3, 0.4) is 0 Å². The topological polar surface area (TPSA) is 58.2 Å². The molecule has 0 aliphatic rings. The first-order valence-corrected chi connectivity index (χ1v) is 7.71. The first-order valence-electron chi connectivity index (χ1n) is 6.96. The Hall–Kier alpha value is -2.25. The van der Waals surface area contributed by atoms with Crippen LogP contribution in [0.5, 0.6) is 0 Å². The van der Waals surface area contributed by atoms with Gasteiger partial charge in [-0.2, -0.15) is 0 Å². The predicted octanol–water partition coefficient (Wildman–Crippen LogP) is 3.57. The van der Waals surface area contributed by atoms with Crippen molar-refractivity contribution in [2.24, 2.45) is 0 Å². The summed E-state index contributed by atoms with van der Waals surface area (Å²) in [7, 11) is 0. The Labute approximate surface area is 150 Å². The van der Waals surface area contributed by atoms with E-state index < -0.39 is 34.8 Å². The van der Waals surface area contributed by atoms with Crippen LogP contribution >= 0.6 is 23.2 Å². The highest BCUT2D eigenvalue weighted by Gasteiger charge is 2.18. The van der Waals surface area contributed by atoms with Crippen LogP contribution in [-0.2, 0) is 0 Å². The van der Waals surface area contributed by atoms with Gasteiger partial charge >= 0.3 is 0 Å². The standard InChI is InChI=1S/C16H11Cl2F3N2O2/c17-8-1-2-9(11(18)7-8)15(24)22-5-6-23-16(25)10-3-4-12(19)14(21)13(10)20/h1-4,7H,5-6H2,(H,22,24)(H,23,25). The number of hydrogen-bond donors (Lipinski definition) is 2. The van der Waals surface area contributed by atoms with Crippen LogP contribution in [0.15, 0.2) is 30.3 Å². The Morgan fingerprint density at radius 1 is 0.840 bits per heavy atom. The fourth-order valence-electron chi connectivity index (χ4n) is 1.92. The van der Waals surface area contributed by atoms with Crippen LogP contribution in [0.25, 0.3) is 0 Å². The molecular weight excluding hydrogens is 380 g/mol. The van der Waals surface area contributed by atoms with Crippen molar-refractivity contribution in [3.63, 3.8) is 0 Å². The van der Waals surface area contributed by atoms with Gasteiger partial charge in [-0.1, -0.05) is 23.2 Å². The molecule has 9 heteroatoms. The van der Waals surface area contributed by atoms with Crippen LogP contribution < -0.4 is 10.6 Å². The van der Waals surface area contributed by atoms with Gasteiger partial charge in [0.25, 0.3) is 11.8 Å². The number of carbonyl (C=O) groups excluding carboxylic acids is 2. The van der Waals surface area contributed by atoms with Gasteiger partial charge in [-0.3, -0.25) is 9.59 Å². The molecule has 0 aliphatic carbocycles. The van der Waals surface area contributed by atoms with E-state index in [2.05, 4.69) is 10.6 Å². The molecule has 4 nitrogen and oxygen atoms in total. The van der Waals surface area contributed by atoms with E-state index in [0.717, 1.165) is 6.07 Å². The minimum atomic E-state index is -1.72. The number of amides is 2. The van der Waals surface area contributed by atoms with Crippen LogP contribution in [-0.4, -0.2) is 24.9 Å². The van der Waals surface area contributed by atoms with Gasteiger partial charge in [-0.25, -0.2) is 13.2 Å². The molecule has 0 bridgehead atoms. The third-order valence-electron chi connectivity index (χ3n) is 3.15. The molecule has 2 rings (SSSR count). The summed E-state index contributed by atoms with van der Waals surface area (Å²) < 4.78 is 39.4. The fourth-order valence-corrected chi connectivity index (χ4v) is 2.41. The van der Waals surface area contributed by atoms with Crippen molar-refractivity contribution in [1.29, 1.82) is 0 Å². The Morgan fingerprint density at radius 2 is 1.40 bits per heavy atom. The lowest BCUT2D eigenvalue weighted by molar-refractivity contribution is 0.0925. The second-order valence-corrected chi connectivity index (χ2v) is 5.70. The summed E-state index contributed by atoms with van der Waals surface area (Å²) in [5.74, 6) is -6.11. The molecule has 0 aromatic heterocycles. The van der Waals surface area contributed by atoms with Crippen molar-refractivity contribution in [1.82, 2.24) is 10.6 Å². The summed E-state index contributed by atoms with van der Waals surface area (Å²) in [5, 5.41) is 5.31. The van der Waals surface area contributed by atoms with E-state index in [0.29, 0.717) is 11.1 Å². The molecule has 0 radical (unpaired) electrons. The van der Waals surface area contributed by atoms with Crippen molar-refractivity contribution in [2.75, 3.05) is 13.1 Å². The maximum absolute atomic E-state index is 13.5. The normalized spacial score (nSPS) is 10.4. The Balaban J connectivity index is 1.88. The van der Waals surface area contributed by atoms with Gasteiger partial charge in [0.05, 0.1) is 16.1 Å². The molecular formula is C16H11Cl2F3N2O2. The molecule has 0 saturated carbocycles. The van der Waals surface area contributed by atoms with Gasteiger partial charge < -0.3 is 10.6 Å². The minimum Gasteiger partial charge on any atom is -0.350 e. The number of rotatable bonds is 5. The van der Waals surface area contributed by atoms with Gasteiger partial charge in [0, 0.05) is 18.1 Å². The molecule has 2 aromatic rings. The second-order valence-electron chi connectivity index (χ2n) is 4.86. The number of hydrogen-bond acceptors (Lipinski definition) is 2. The van der Waals surface area contributed by atoms with Gasteiger partial charge in [-0.15, -0.1) is 0 Å². The zero-order chi connectivity index (χ0) is 18.6. The van der Waals surface area contributed by atoms with E-state index in [1.807, 2.05) is 0 Å². The van der Waals surface area contributed by atoms with Gasteiger partial charge in [0.2, 0.25) is 0 Å². The van der Waals surface area contributed by atoms with Crippen LogP contribution in [0.1, 0.15) is 20.7 Å². The van der Waals surface area contributed by atoms with E-state index in [4.69, 9.17) is 23.2 Å². The highest BCUT2D eigenvalue weighted by Crippen LogP contribution is 2.20. The van der Waals surface area contributed by atoms with Crippen LogP contribution in [0.4, 0.5) is 13.2 Å². The molecule has 2 N–H and O–H groups in total. The van der Waals surface area contributed by atoms with Crippen molar-refractivity contribution in [3.05, 3.63) is 69.0 Å². The average Bonchev–Trinajstić information content (AvgIpc) is 2.56. The van der Waals surface area contributed by atoms with E-state index >= 15 is 0 Å². The molecule has 132 valence electrons. The molecule has 0 fully saturated rings. The lowest BCUT2D eigenvalue weighted by atomic mass is 10.2. The first-order chi connectivity index (χ1) is 11.8. The molecule has 0 saturated heterocycles. The quantitative estimate of drug-likeness (QED) is 0.605. The average molecular weight is 391 g/mol. The predicted molar refractivity (Wildman–Crippen MR) is 87.4 cm³/mol. The maximum atomic E-state index is 13.5. The van der Waals surface area contributed by atoms with Gasteiger partial charge in [0.1, 0.15) is 0 Å². The zero-order valence-corrected chi connectivity index (χ0v) is 14.0. The fraction of sp³-hybridized carbons (Fsp3) is 0.125. The number of nitrogens with one attached hydrogen (secondary N) is 2. The van der Waals surface area contributed by atoms with E-state index in [9.17, 15) is 22.8 Å². The zero-order valence-electron chi connectivity index (χ0n) is 12.5. The van der Waals surface area contributed by atoms with Crippen LogP contribution in [0, 0.1) is 17.5 Å². The highest BCUT2D eigenvalue weighted by atomic mass is 35.5. The third-order valence-corrected chi connectivity index (χ3v) is 3.70. The van der Waals surface area contributed by atoms with Gasteiger partial charge in [-0.05, 0) is 30.3 Å². The van der Waals surface area contributed by atoms with E-state index in [1.165, 1.54) is 18.2 Å². The van der Waals surface area contributed by atoms with Crippen molar-refractivity contribution < 1.29 is 22.8 Å². The Kier molecular flexibility index (Phi) is 6.27. The van der Waals surface area contributed by atoms with E-state index in [-0.39, 0.29) is 23.7 Å². The Morgan fingerprint density at radius 3 is 2.00 bits per heavy atom. The summed E-state index contributed by atoms with van der Waals surface area (Å²) in [4.78, 5) is 23.7. The molecule has 0 spiro atoms. The van der Waals surface area contributed by atoms with Crippen molar-refractivity contribution in [3.8, 4) is 0 Å². The lowest BCUT2D eigenvalue weighted by Crippen LogP contribution is -2.35. The second kappa shape index (κ2) is 8.22. The molecule has 2 aromatic carbocycles. The third kappa shape index (κ3) is 4.64. The monoisotopic (exact) mass is 390 g/mol. The summed E-state index contributed by atoms with van der Waals surface area (Å²) >= 11 is 11.6. The molecule has 0 heterocycles. The number of benzene rings is 2. The van der Waals surface area contributed by atoms with Crippen molar-refractivity contribution >= 4 is 35.0 Å². The lowest BCUT2D eigenvalue weighted by Gasteiger charge is -2.09. The summed E-state index contributed by atoms with van der Waals surface area (Å²) in [5.41, 5.74) is -0.435. The smallest absolute Gasteiger partial charge is 0.254 e.